The molecule has 1 aliphatic rings. The van der Waals surface area contributed by atoms with Crippen LogP contribution in [0.3, 0.4) is 0 Å². The van der Waals surface area contributed by atoms with Gasteiger partial charge in [0.2, 0.25) is 5.89 Å². The number of carbonyl (C=O) groups excluding carboxylic acids is 1. The largest absolute Gasteiger partial charge is 0.447 e. The lowest BCUT2D eigenvalue weighted by Gasteiger charge is -2.31. The Kier molecular flexibility index (Phi) is 7.70. The summed E-state index contributed by atoms with van der Waals surface area (Å²) in [7, 11) is 1.97. The number of benzene rings is 2. The molecule has 1 aliphatic heterocycles. The molecule has 0 bridgehead atoms. The maximum atomic E-state index is 14.3. The summed E-state index contributed by atoms with van der Waals surface area (Å²) in [5.41, 5.74) is -0.179. The van der Waals surface area contributed by atoms with Crippen LogP contribution >= 0.6 is 0 Å². The van der Waals surface area contributed by atoms with E-state index in [4.69, 9.17) is 4.42 Å². The van der Waals surface area contributed by atoms with E-state index in [0.717, 1.165) is 37.4 Å². The molecule has 1 aromatic heterocycles. The standard InChI is InChI=1S/C25H25F5N4O2/c1-32-7-9-34(10-8-32)24(35)22-16-36-23(31-22)15-33(14-18-5-6-20(26)12-21(18)27)13-17-3-2-4-19(11-17)25(28,29)30/h2-6,11-12,16H,7-10,13-15H2,1H3. The molecule has 192 valence electrons. The molecule has 11 heteroatoms. The van der Waals surface area contributed by atoms with E-state index >= 15 is 0 Å². The predicted octanol–water partition coefficient (Wildman–Crippen LogP) is 4.56. The van der Waals surface area contributed by atoms with Gasteiger partial charge >= 0.3 is 6.18 Å². The van der Waals surface area contributed by atoms with Crippen LogP contribution in [0.1, 0.15) is 33.1 Å². The number of piperazine rings is 1. The number of hydrogen-bond acceptors (Lipinski definition) is 5. The zero-order valence-corrected chi connectivity index (χ0v) is 19.6. The molecule has 0 radical (unpaired) electrons. The second kappa shape index (κ2) is 10.8. The number of likely N-dealkylation sites (N-methyl/N-ethyl adjacent to an activating group) is 1. The van der Waals surface area contributed by atoms with Crippen molar-refractivity contribution in [3.8, 4) is 0 Å². The van der Waals surface area contributed by atoms with E-state index < -0.39 is 23.4 Å². The van der Waals surface area contributed by atoms with Crippen molar-refractivity contribution in [2.24, 2.45) is 0 Å². The van der Waals surface area contributed by atoms with Gasteiger partial charge in [-0.3, -0.25) is 9.69 Å². The van der Waals surface area contributed by atoms with Crippen molar-refractivity contribution in [2.75, 3.05) is 33.2 Å². The van der Waals surface area contributed by atoms with E-state index in [1.165, 1.54) is 24.5 Å². The van der Waals surface area contributed by atoms with Crippen molar-refractivity contribution in [1.29, 1.82) is 0 Å². The van der Waals surface area contributed by atoms with Gasteiger partial charge in [-0.2, -0.15) is 13.2 Å². The van der Waals surface area contributed by atoms with Crippen molar-refractivity contribution < 1.29 is 31.2 Å². The third kappa shape index (κ3) is 6.46. The lowest BCUT2D eigenvalue weighted by atomic mass is 10.1. The number of nitrogens with zero attached hydrogens (tertiary/aromatic N) is 4. The Hall–Kier alpha value is -3.31. The minimum Gasteiger partial charge on any atom is -0.447 e. The molecule has 0 N–H and O–H groups in total. The van der Waals surface area contributed by atoms with Gasteiger partial charge in [-0.05, 0) is 24.7 Å². The molecule has 4 rings (SSSR count). The number of alkyl halides is 3. The fourth-order valence-corrected chi connectivity index (χ4v) is 4.01. The summed E-state index contributed by atoms with van der Waals surface area (Å²) in [6.45, 7) is 2.54. The van der Waals surface area contributed by atoms with Crippen molar-refractivity contribution in [3.05, 3.63) is 88.6 Å². The minimum absolute atomic E-state index is 0.00482. The third-order valence-corrected chi connectivity index (χ3v) is 5.99. The van der Waals surface area contributed by atoms with Crippen LogP contribution in [0.25, 0.3) is 0 Å². The van der Waals surface area contributed by atoms with Gasteiger partial charge in [-0.1, -0.05) is 24.3 Å². The van der Waals surface area contributed by atoms with Crippen LogP contribution in [-0.4, -0.2) is 58.8 Å². The second-order valence-electron chi connectivity index (χ2n) is 8.80. The summed E-state index contributed by atoms with van der Waals surface area (Å²) in [6.07, 6.45) is -3.26. The van der Waals surface area contributed by atoms with Crippen LogP contribution in [0, 0.1) is 11.6 Å². The van der Waals surface area contributed by atoms with E-state index in [1.807, 2.05) is 7.05 Å². The second-order valence-corrected chi connectivity index (χ2v) is 8.80. The Morgan fingerprint density at radius 2 is 1.78 bits per heavy atom. The van der Waals surface area contributed by atoms with Crippen LogP contribution in [-0.2, 0) is 25.8 Å². The summed E-state index contributed by atoms with van der Waals surface area (Å²) >= 11 is 0. The Labute approximate surface area is 204 Å². The number of halogens is 5. The first-order valence-electron chi connectivity index (χ1n) is 11.3. The molecule has 6 nitrogen and oxygen atoms in total. The monoisotopic (exact) mass is 508 g/mol. The molecule has 0 atom stereocenters. The molecule has 1 fully saturated rings. The molecular weight excluding hydrogens is 483 g/mol. The summed E-state index contributed by atoms with van der Waals surface area (Å²) < 4.78 is 72.7. The fraction of sp³-hybridized carbons (Fsp3) is 0.360. The molecular formula is C25H25F5N4O2. The number of hydrogen-bond donors (Lipinski definition) is 0. The predicted molar refractivity (Wildman–Crippen MR) is 121 cm³/mol. The van der Waals surface area contributed by atoms with E-state index in [0.29, 0.717) is 18.7 Å². The number of carbonyl (C=O) groups is 1. The summed E-state index contributed by atoms with van der Waals surface area (Å²) in [6, 6.07) is 7.95. The van der Waals surface area contributed by atoms with Crippen molar-refractivity contribution in [1.82, 2.24) is 19.7 Å². The maximum absolute atomic E-state index is 14.3. The van der Waals surface area contributed by atoms with Crippen molar-refractivity contribution >= 4 is 5.91 Å². The van der Waals surface area contributed by atoms with E-state index in [-0.39, 0.29) is 42.7 Å². The van der Waals surface area contributed by atoms with Crippen molar-refractivity contribution in [3.63, 3.8) is 0 Å². The molecule has 0 saturated carbocycles. The average molecular weight is 508 g/mol. The maximum Gasteiger partial charge on any atom is 0.416 e. The highest BCUT2D eigenvalue weighted by molar-refractivity contribution is 5.92. The van der Waals surface area contributed by atoms with Crippen LogP contribution < -0.4 is 0 Å². The molecule has 0 spiro atoms. The average Bonchev–Trinajstić information content (AvgIpc) is 3.29. The quantitative estimate of drug-likeness (QED) is 0.438. The summed E-state index contributed by atoms with van der Waals surface area (Å²) in [5, 5.41) is 0. The fourth-order valence-electron chi connectivity index (χ4n) is 4.01. The molecule has 2 heterocycles. The Bertz CT molecular complexity index is 1210. The highest BCUT2D eigenvalue weighted by Gasteiger charge is 2.30. The van der Waals surface area contributed by atoms with Crippen LogP contribution in [0.5, 0.6) is 0 Å². The van der Waals surface area contributed by atoms with Gasteiger partial charge in [0.15, 0.2) is 5.69 Å². The smallest absolute Gasteiger partial charge is 0.416 e. The van der Waals surface area contributed by atoms with E-state index in [1.54, 1.807) is 9.80 Å². The number of amides is 1. The zero-order chi connectivity index (χ0) is 25.9. The molecule has 1 saturated heterocycles. The van der Waals surface area contributed by atoms with Crippen LogP contribution in [0.15, 0.2) is 53.1 Å². The number of rotatable bonds is 7. The topological polar surface area (TPSA) is 52.8 Å². The Morgan fingerprint density at radius 3 is 2.47 bits per heavy atom. The van der Waals surface area contributed by atoms with E-state index in [2.05, 4.69) is 9.88 Å². The lowest BCUT2D eigenvalue weighted by Crippen LogP contribution is -2.47. The Balaban J connectivity index is 1.53. The molecule has 1 amide bonds. The van der Waals surface area contributed by atoms with Gasteiger partial charge in [0, 0.05) is 50.9 Å². The summed E-state index contributed by atoms with van der Waals surface area (Å²) in [5.74, 6) is -1.63. The van der Waals surface area contributed by atoms with E-state index in [9.17, 15) is 26.7 Å². The Morgan fingerprint density at radius 1 is 1.03 bits per heavy atom. The SMILES string of the molecule is CN1CCN(C(=O)c2coc(CN(Cc3cccc(C(F)(F)F)c3)Cc3ccc(F)cc3F)n2)CC1. The number of aromatic nitrogens is 1. The van der Waals surface area contributed by atoms with Gasteiger partial charge in [-0.15, -0.1) is 0 Å². The van der Waals surface area contributed by atoms with Crippen LogP contribution in [0.2, 0.25) is 0 Å². The molecule has 3 aromatic rings. The molecule has 36 heavy (non-hydrogen) atoms. The third-order valence-electron chi connectivity index (χ3n) is 5.99. The first-order chi connectivity index (χ1) is 17.1. The van der Waals surface area contributed by atoms with Crippen LogP contribution in [0.4, 0.5) is 22.0 Å². The lowest BCUT2D eigenvalue weighted by molar-refractivity contribution is -0.137. The first kappa shape index (κ1) is 25.8. The van der Waals surface area contributed by atoms with Crippen molar-refractivity contribution in [2.45, 2.75) is 25.8 Å². The summed E-state index contributed by atoms with van der Waals surface area (Å²) in [4.78, 5) is 22.4. The molecule has 0 aliphatic carbocycles. The zero-order valence-electron chi connectivity index (χ0n) is 19.6. The highest BCUT2D eigenvalue weighted by Crippen LogP contribution is 2.30. The molecule has 0 unspecified atom stereocenters. The first-order valence-corrected chi connectivity index (χ1v) is 11.3. The number of oxazole rings is 1. The van der Waals surface area contributed by atoms with Gasteiger partial charge in [-0.25, -0.2) is 13.8 Å². The van der Waals surface area contributed by atoms with Gasteiger partial charge in [0.05, 0.1) is 12.1 Å². The van der Waals surface area contributed by atoms with Gasteiger partial charge in [0.25, 0.3) is 5.91 Å². The van der Waals surface area contributed by atoms with Gasteiger partial charge < -0.3 is 14.2 Å². The molecule has 2 aromatic carbocycles. The normalized spacial score (nSPS) is 15.0. The van der Waals surface area contributed by atoms with Gasteiger partial charge in [0.1, 0.15) is 17.9 Å². The minimum atomic E-state index is -4.51. The highest BCUT2D eigenvalue weighted by atomic mass is 19.4.